The number of rotatable bonds is 11. The van der Waals surface area contributed by atoms with Crippen molar-refractivity contribution < 1.29 is 9.90 Å². The molecule has 0 aromatic rings. The van der Waals surface area contributed by atoms with Crippen LogP contribution in [-0.2, 0) is 4.79 Å². The molecule has 0 aliphatic rings. The minimum atomic E-state index is -0.658. The minimum absolute atomic E-state index is 0. The van der Waals surface area contributed by atoms with Crippen molar-refractivity contribution in [2.24, 2.45) is 0 Å². The Labute approximate surface area is 122 Å². The first-order valence-corrected chi connectivity index (χ1v) is 6.49. The number of unbranched alkanes of at least 4 members (excludes halogenated alkanes) is 9. The fourth-order valence-corrected chi connectivity index (χ4v) is 1.76. The van der Waals surface area contributed by atoms with Gasteiger partial charge in [-0.2, -0.15) is 0 Å². The first-order chi connectivity index (χ1) is 7.27. The van der Waals surface area contributed by atoms with Gasteiger partial charge in [-0.05, 0) is 6.42 Å². The molecule has 0 fully saturated rings. The number of hydrogen-bond acceptors (Lipinski definition) is 1. The maximum atomic E-state index is 10.2. The van der Waals surface area contributed by atoms with Crippen molar-refractivity contribution in [1.82, 2.24) is 0 Å². The Morgan fingerprint density at radius 3 is 1.56 bits per heavy atom. The molecule has 0 aliphatic heterocycles. The van der Waals surface area contributed by atoms with Gasteiger partial charge in [0.1, 0.15) is 0 Å². The van der Waals surface area contributed by atoms with Gasteiger partial charge in [0.2, 0.25) is 0 Å². The molecule has 1 N–H and O–H groups in total. The van der Waals surface area contributed by atoms with E-state index in [2.05, 4.69) is 6.92 Å². The zero-order valence-electron chi connectivity index (χ0n) is 10.1. The normalized spacial score (nSPS) is 9.81. The standard InChI is InChI=1S/C13H26O2.Na.H/c1-2-3-4-5-6-7-8-9-10-11-12-13(14)15;;/h2-12H2,1H3,(H,14,15);;. The van der Waals surface area contributed by atoms with E-state index in [0.29, 0.717) is 6.42 Å². The van der Waals surface area contributed by atoms with Crippen molar-refractivity contribution in [2.45, 2.75) is 77.6 Å². The Bertz CT molecular complexity index is 149. The van der Waals surface area contributed by atoms with E-state index in [9.17, 15) is 4.79 Å². The molecule has 0 aromatic heterocycles. The van der Waals surface area contributed by atoms with Gasteiger partial charge in [-0.3, -0.25) is 4.79 Å². The van der Waals surface area contributed by atoms with Crippen LogP contribution in [0.4, 0.5) is 0 Å². The Morgan fingerprint density at radius 2 is 1.19 bits per heavy atom. The number of hydrogen-bond donors (Lipinski definition) is 1. The molecular weight excluding hydrogens is 211 g/mol. The van der Waals surface area contributed by atoms with Gasteiger partial charge in [-0.25, -0.2) is 0 Å². The SMILES string of the molecule is CCCCCCCCCCCCC(=O)O.[NaH]. The summed E-state index contributed by atoms with van der Waals surface area (Å²) in [5.41, 5.74) is 0. The summed E-state index contributed by atoms with van der Waals surface area (Å²) in [6.45, 7) is 2.24. The number of carboxylic acids is 1. The average molecular weight is 238 g/mol. The molecule has 3 heteroatoms. The van der Waals surface area contributed by atoms with Crippen LogP contribution in [0.15, 0.2) is 0 Å². The van der Waals surface area contributed by atoms with Crippen molar-refractivity contribution >= 4 is 35.5 Å². The summed E-state index contributed by atoms with van der Waals surface area (Å²) >= 11 is 0. The fraction of sp³-hybridized carbons (Fsp3) is 0.923. The molecule has 0 radical (unpaired) electrons. The molecule has 0 aliphatic carbocycles. The summed E-state index contributed by atoms with van der Waals surface area (Å²) in [5, 5.41) is 8.44. The summed E-state index contributed by atoms with van der Waals surface area (Å²) in [6.07, 6.45) is 12.9. The van der Waals surface area contributed by atoms with Gasteiger partial charge in [0.25, 0.3) is 0 Å². The van der Waals surface area contributed by atoms with E-state index in [1.165, 1.54) is 51.4 Å². The third kappa shape index (κ3) is 16.9. The van der Waals surface area contributed by atoms with Gasteiger partial charge in [-0.1, -0.05) is 64.7 Å². The van der Waals surface area contributed by atoms with Crippen molar-refractivity contribution in [1.29, 1.82) is 0 Å². The van der Waals surface area contributed by atoms with Crippen molar-refractivity contribution in [3.63, 3.8) is 0 Å². The van der Waals surface area contributed by atoms with Crippen LogP contribution < -0.4 is 0 Å². The molecular formula is C13H27NaO2. The maximum absolute atomic E-state index is 10.2. The Balaban J connectivity index is 0. The monoisotopic (exact) mass is 238 g/mol. The van der Waals surface area contributed by atoms with E-state index < -0.39 is 5.97 Å². The zero-order valence-corrected chi connectivity index (χ0v) is 10.1. The summed E-state index contributed by atoms with van der Waals surface area (Å²) in [5.74, 6) is -0.658. The molecule has 0 unspecified atom stereocenters. The van der Waals surface area contributed by atoms with E-state index in [1.54, 1.807) is 0 Å². The molecule has 0 heterocycles. The predicted octanol–water partition coefficient (Wildman–Crippen LogP) is 3.73. The Hall–Kier alpha value is 0.470. The van der Waals surface area contributed by atoms with Gasteiger partial charge >= 0.3 is 35.5 Å². The third-order valence-corrected chi connectivity index (χ3v) is 2.74. The van der Waals surface area contributed by atoms with E-state index in [4.69, 9.17) is 5.11 Å². The molecule has 0 spiro atoms. The quantitative estimate of drug-likeness (QED) is 0.440. The second-order valence-electron chi connectivity index (χ2n) is 4.33. The van der Waals surface area contributed by atoms with Gasteiger partial charge in [0.15, 0.2) is 0 Å². The summed E-state index contributed by atoms with van der Waals surface area (Å²) in [6, 6.07) is 0. The summed E-state index contributed by atoms with van der Waals surface area (Å²) < 4.78 is 0. The second kappa shape index (κ2) is 15.5. The predicted molar refractivity (Wildman–Crippen MR) is 71.2 cm³/mol. The molecule has 0 atom stereocenters. The topological polar surface area (TPSA) is 37.3 Å². The first kappa shape index (κ1) is 18.8. The van der Waals surface area contributed by atoms with Crippen LogP contribution >= 0.6 is 0 Å². The molecule has 92 valence electrons. The van der Waals surface area contributed by atoms with E-state index in [0.717, 1.165) is 12.8 Å². The summed E-state index contributed by atoms with van der Waals surface area (Å²) in [4.78, 5) is 10.2. The molecule has 0 saturated heterocycles. The van der Waals surface area contributed by atoms with E-state index >= 15 is 0 Å². The number of carboxylic acid groups (broad SMARTS) is 1. The number of carbonyl (C=O) groups is 1. The molecule has 16 heavy (non-hydrogen) atoms. The van der Waals surface area contributed by atoms with Crippen LogP contribution in [-0.4, -0.2) is 40.6 Å². The van der Waals surface area contributed by atoms with Crippen LogP contribution in [0.3, 0.4) is 0 Å². The van der Waals surface area contributed by atoms with E-state index in [1.807, 2.05) is 0 Å². The molecule has 0 bridgehead atoms. The Morgan fingerprint density at radius 1 is 0.812 bits per heavy atom. The molecule has 0 aromatic carbocycles. The fourth-order valence-electron chi connectivity index (χ4n) is 1.76. The molecule has 0 amide bonds. The van der Waals surface area contributed by atoms with Gasteiger partial charge in [0, 0.05) is 6.42 Å². The second-order valence-corrected chi connectivity index (χ2v) is 4.33. The molecule has 0 rings (SSSR count). The molecule has 2 nitrogen and oxygen atoms in total. The van der Waals surface area contributed by atoms with Crippen LogP contribution in [0.1, 0.15) is 77.6 Å². The van der Waals surface area contributed by atoms with Crippen molar-refractivity contribution in [3.8, 4) is 0 Å². The summed E-state index contributed by atoms with van der Waals surface area (Å²) in [7, 11) is 0. The molecule has 0 saturated carbocycles. The van der Waals surface area contributed by atoms with Crippen molar-refractivity contribution in [2.75, 3.05) is 0 Å². The van der Waals surface area contributed by atoms with E-state index in [-0.39, 0.29) is 29.6 Å². The van der Waals surface area contributed by atoms with Crippen LogP contribution in [0.25, 0.3) is 0 Å². The third-order valence-electron chi connectivity index (χ3n) is 2.74. The first-order valence-electron chi connectivity index (χ1n) is 6.49. The number of aliphatic carboxylic acids is 1. The van der Waals surface area contributed by atoms with Crippen molar-refractivity contribution in [3.05, 3.63) is 0 Å². The van der Waals surface area contributed by atoms with Gasteiger partial charge in [-0.15, -0.1) is 0 Å². The average Bonchev–Trinajstić information content (AvgIpc) is 2.20. The zero-order chi connectivity index (χ0) is 11.4. The Kier molecular flexibility index (Phi) is 18.2. The van der Waals surface area contributed by atoms with Crippen LogP contribution in [0.5, 0.6) is 0 Å². The van der Waals surface area contributed by atoms with Gasteiger partial charge < -0.3 is 5.11 Å². The van der Waals surface area contributed by atoms with Gasteiger partial charge in [0.05, 0.1) is 0 Å². The van der Waals surface area contributed by atoms with Crippen LogP contribution in [0.2, 0.25) is 0 Å². The van der Waals surface area contributed by atoms with Crippen LogP contribution in [0, 0.1) is 0 Å².